The zero-order chi connectivity index (χ0) is 13.8. The number of nitrogen functional groups attached to an aromatic ring is 1. The number of likely N-dealkylation sites (N-methyl/N-ethyl adjacent to an activating group) is 2. The maximum Gasteiger partial charge on any atom is 0.239 e. The highest BCUT2D eigenvalue weighted by atomic mass is 16.5. The first-order valence-electron chi connectivity index (χ1n) is 6.81. The number of anilines is 2. The summed E-state index contributed by atoms with van der Waals surface area (Å²) in [5, 5.41) is 0. The van der Waals surface area contributed by atoms with E-state index in [0.29, 0.717) is 17.5 Å². The van der Waals surface area contributed by atoms with E-state index in [4.69, 9.17) is 10.5 Å². The van der Waals surface area contributed by atoms with Gasteiger partial charge in [0.25, 0.3) is 0 Å². The molecule has 5 heteroatoms. The van der Waals surface area contributed by atoms with Crippen LogP contribution in [0.4, 0.5) is 11.5 Å². The standard InChI is InChI=1S/C14H24N4O/c1-17(2)8-9-18(3)13-7-6-12(15)14(16-13)19-10-11-4-5-11/h6-7,11H,4-5,8-10,15H2,1-3H3. The highest BCUT2D eigenvalue weighted by Gasteiger charge is 2.22. The molecule has 2 N–H and O–H groups in total. The minimum atomic E-state index is 0.570. The van der Waals surface area contributed by atoms with E-state index in [-0.39, 0.29) is 0 Å². The molecule has 1 heterocycles. The van der Waals surface area contributed by atoms with Crippen molar-refractivity contribution in [3.63, 3.8) is 0 Å². The predicted octanol–water partition coefficient (Wildman–Crippen LogP) is 1.45. The molecule has 0 bridgehead atoms. The molecular weight excluding hydrogens is 240 g/mol. The van der Waals surface area contributed by atoms with Gasteiger partial charge in [0, 0.05) is 20.1 Å². The summed E-state index contributed by atoms with van der Waals surface area (Å²) in [4.78, 5) is 8.78. The first-order chi connectivity index (χ1) is 9.06. The summed E-state index contributed by atoms with van der Waals surface area (Å²) in [5.74, 6) is 2.18. The van der Waals surface area contributed by atoms with Crippen molar-refractivity contribution in [3.8, 4) is 5.88 Å². The smallest absolute Gasteiger partial charge is 0.239 e. The number of nitrogens with zero attached hydrogens (tertiary/aromatic N) is 3. The van der Waals surface area contributed by atoms with Crippen molar-refractivity contribution in [3.05, 3.63) is 12.1 Å². The van der Waals surface area contributed by atoms with Crippen molar-refractivity contribution in [2.24, 2.45) is 5.92 Å². The SMILES string of the molecule is CN(C)CCN(C)c1ccc(N)c(OCC2CC2)n1. The van der Waals surface area contributed by atoms with Crippen molar-refractivity contribution in [1.29, 1.82) is 0 Å². The Balaban J connectivity index is 1.97. The van der Waals surface area contributed by atoms with E-state index in [9.17, 15) is 0 Å². The molecular formula is C14H24N4O. The summed E-state index contributed by atoms with van der Waals surface area (Å²) in [6.07, 6.45) is 2.53. The zero-order valence-corrected chi connectivity index (χ0v) is 12.1. The lowest BCUT2D eigenvalue weighted by Gasteiger charge is -2.21. The quantitative estimate of drug-likeness (QED) is 0.808. The minimum Gasteiger partial charge on any atom is -0.476 e. The summed E-state index contributed by atoms with van der Waals surface area (Å²) in [5.41, 5.74) is 6.52. The Morgan fingerprint density at radius 1 is 1.26 bits per heavy atom. The van der Waals surface area contributed by atoms with Crippen molar-refractivity contribution >= 4 is 11.5 Å². The van der Waals surface area contributed by atoms with E-state index in [0.717, 1.165) is 25.5 Å². The van der Waals surface area contributed by atoms with Crippen molar-refractivity contribution in [2.45, 2.75) is 12.8 Å². The molecule has 1 aromatic heterocycles. The number of rotatable bonds is 7. The fourth-order valence-corrected chi connectivity index (χ4v) is 1.72. The molecule has 1 aliphatic rings. The van der Waals surface area contributed by atoms with Gasteiger partial charge in [-0.25, -0.2) is 0 Å². The van der Waals surface area contributed by atoms with Gasteiger partial charge in [-0.3, -0.25) is 0 Å². The average molecular weight is 264 g/mol. The van der Waals surface area contributed by atoms with Gasteiger partial charge in [0.05, 0.1) is 12.3 Å². The lowest BCUT2D eigenvalue weighted by atomic mass is 10.3. The number of pyridine rings is 1. The topological polar surface area (TPSA) is 54.6 Å². The maximum atomic E-state index is 5.90. The summed E-state index contributed by atoms with van der Waals surface area (Å²) in [6.45, 7) is 2.65. The van der Waals surface area contributed by atoms with Crippen LogP contribution in [-0.4, -0.2) is 50.7 Å². The van der Waals surface area contributed by atoms with Crippen LogP contribution in [0.2, 0.25) is 0 Å². The van der Waals surface area contributed by atoms with Crippen LogP contribution >= 0.6 is 0 Å². The van der Waals surface area contributed by atoms with Crippen LogP contribution in [0.15, 0.2) is 12.1 Å². The molecule has 1 aliphatic carbocycles. The normalized spacial score (nSPS) is 14.7. The first kappa shape index (κ1) is 13.9. The molecule has 0 saturated heterocycles. The third-order valence-corrected chi connectivity index (χ3v) is 3.30. The van der Waals surface area contributed by atoms with E-state index in [1.807, 2.05) is 19.2 Å². The molecule has 19 heavy (non-hydrogen) atoms. The van der Waals surface area contributed by atoms with Gasteiger partial charge < -0.3 is 20.3 Å². The van der Waals surface area contributed by atoms with Crippen LogP contribution < -0.4 is 15.4 Å². The molecule has 0 spiro atoms. The third-order valence-electron chi connectivity index (χ3n) is 3.30. The molecule has 0 radical (unpaired) electrons. The van der Waals surface area contributed by atoms with E-state index in [1.165, 1.54) is 12.8 Å². The zero-order valence-electron chi connectivity index (χ0n) is 12.1. The number of aromatic nitrogens is 1. The van der Waals surface area contributed by atoms with Crippen LogP contribution in [0.3, 0.4) is 0 Å². The van der Waals surface area contributed by atoms with Crippen LogP contribution in [-0.2, 0) is 0 Å². The van der Waals surface area contributed by atoms with E-state index in [2.05, 4.69) is 28.9 Å². The Morgan fingerprint density at radius 2 is 2.00 bits per heavy atom. The van der Waals surface area contributed by atoms with Crippen molar-refractivity contribution < 1.29 is 4.74 Å². The molecule has 0 aliphatic heterocycles. The van der Waals surface area contributed by atoms with E-state index < -0.39 is 0 Å². The average Bonchev–Trinajstić information content (AvgIpc) is 3.19. The second kappa shape index (κ2) is 6.10. The van der Waals surface area contributed by atoms with Gasteiger partial charge in [-0.2, -0.15) is 4.98 Å². The number of hydrogen-bond acceptors (Lipinski definition) is 5. The molecule has 0 amide bonds. The Hall–Kier alpha value is -1.49. The monoisotopic (exact) mass is 264 g/mol. The summed E-state index contributed by atoms with van der Waals surface area (Å²) < 4.78 is 5.70. The molecule has 5 nitrogen and oxygen atoms in total. The summed E-state index contributed by atoms with van der Waals surface area (Å²) in [7, 11) is 6.16. The lowest BCUT2D eigenvalue weighted by molar-refractivity contribution is 0.290. The number of nitrogens with two attached hydrogens (primary N) is 1. The van der Waals surface area contributed by atoms with Gasteiger partial charge in [-0.05, 0) is 45.0 Å². The Morgan fingerprint density at radius 3 is 2.63 bits per heavy atom. The molecule has 1 aromatic rings. The van der Waals surface area contributed by atoms with Crippen LogP contribution in [0.1, 0.15) is 12.8 Å². The predicted molar refractivity (Wildman–Crippen MR) is 78.7 cm³/mol. The van der Waals surface area contributed by atoms with E-state index >= 15 is 0 Å². The van der Waals surface area contributed by atoms with Gasteiger partial charge >= 0.3 is 0 Å². The third kappa shape index (κ3) is 4.28. The fraction of sp³-hybridized carbons (Fsp3) is 0.643. The molecule has 0 aromatic carbocycles. The molecule has 2 rings (SSSR count). The second-order valence-electron chi connectivity index (χ2n) is 5.54. The fourth-order valence-electron chi connectivity index (χ4n) is 1.72. The Kier molecular flexibility index (Phi) is 4.47. The highest BCUT2D eigenvalue weighted by Crippen LogP contribution is 2.31. The van der Waals surface area contributed by atoms with E-state index in [1.54, 1.807) is 0 Å². The van der Waals surface area contributed by atoms with Crippen molar-refractivity contribution in [2.75, 3.05) is 51.5 Å². The summed E-state index contributed by atoms with van der Waals surface area (Å²) >= 11 is 0. The Bertz CT molecular complexity index is 418. The summed E-state index contributed by atoms with van der Waals surface area (Å²) in [6, 6.07) is 3.81. The number of ether oxygens (including phenoxy) is 1. The van der Waals surface area contributed by atoms with Gasteiger partial charge in [0.2, 0.25) is 5.88 Å². The molecule has 0 atom stereocenters. The first-order valence-corrected chi connectivity index (χ1v) is 6.81. The van der Waals surface area contributed by atoms with Crippen LogP contribution in [0.5, 0.6) is 5.88 Å². The molecule has 0 unspecified atom stereocenters. The highest BCUT2D eigenvalue weighted by molar-refractivity contribution is 5.54. The largest absolute Gasteiger partial charge is 0.476 e. The minimum absolute atomic E-state index is 0.570. The molecule has 1 fully saturated rings. The Labute approximate surface area is 115 Å². The maximum absolute atomic E-state index is 5.90. The number of hydrogen-bond donors (Lipinski definition) is 1. The van der Waals surface area contributed by atoms with Gasteiger partial charge in [-0.15, -0.1) is 0 Å². The molecule has 1 saturated carbocycles. The molecule has 106 valence electrons. The van der Waals surface area contributed by atoms with Gasteiger partial charge in [0.15, 0.2) is 0 Å². The lowest BCUT2D eigenvalue weighted by Crippen LogP contribution is -2.29. The van der Waals surface area contributed by atoms with Crippen LogP contribution in [0, 0.1) is 5.92 Å². The van der Waals surface area contributed by atoms with Gasteiger partial charge in [-0.1, -0.05) is 0 Å². The van der Waals surface area contributed by atoms with Crippen LogP contribution in [0.25, 0.3) is 0 Å². The second-order valence-corrected chi connectivity index (χ2v) is 5.54. The van der Waals surface area contributed by atoms with Gasteiger partial charge in [0.1, 0.15) is 5.82 Å². The van der Waals surface area contributed by atoms with Crippen molar-refractivity contribution in [1.82, 2.24) is 9.88 Å².